The first-order chi connectivity index (χ1) is 15.5. The van der Waals surface area contributed by atoms with E-state index in [9.17, 15) is 19.7 Å². The average Bonchev–Trinajstić information content (AvgIpc) is 3.31. The smallest absolute Gasteiger partial charge is 0.271 e. The van der Waals surface area contributed by atoms with E-state index < -0.39 is 34.8 Å². The Balaban J connectivity index is 1.57. The van der Waals surface area contributed by atoms with E-state index in [1.165, 1.54) is 24.3 Å². The summed E-state index contributed by atoms with van der Waals surface area (Å²) < 4.78 is 0. The number of nitro groups is 1. The Kier molecular flexibility index (Phi) is 4.71. The lowest BCUT2D eigenvalue weighted by Crippen LogP contribution is -2.37. The van der Waals surface area contributed by atoms with E-state index in [0.29, 0.717) is 0 Å². The molecular weight excluding hydrogens is 410 g/mol. The number of hydroxylamine groups is 1. The van der Waals surface area contributed by atoms with Gasteiger partial charge in [-0.05, 0) is 30.7 Å². The first-order valence-corrected chi connectivity index (χ1v) is 10.2. The monoisotopic (exact) mass is 429 g/mol. The number of anilines is 2. The lowest BCUT2D eigenvalue weighted by atomic mass is 9.90. The predicted octanol–water partition coefficient (Wildman–Crippen LogP) is 3.95. The molecule has 2 saturated heterocycles. The van der Waals surface area contributed by atoms with Crippen LogP contribution in [0.2, 0.25) is 0 Å². The van der Waals surface area contributed by atoms with E-state index in [1.54, 1.807) is 5.06 Å². The van der Waals surface area contributed by atoms with Gasteiger partial charge in [0.15, 0.2) is 6.10 Å². The highest BCUT2D eigenvalue weighted by atomic mass is 16.7. The zero-order valence-electron chi connectivity index (χ0n) is 17.1. The van der Waals surface area contributed by atoms with Crippen molar-refractivity contribution in [3.8, 4) is 0 Å². The molecule has 0 N–H and O–H groups in total. The Morgan fingerprint density at radius 1 is 0.875 bits per heavy atom. The van der Waals surface area contributed by atoms with Gasteiger partial charge >= 0.3 is 0 Å². The number of aryl methyl sites for hydroxylation is 1. The summed E-state index contributed by atoms with van der Waals surface area (Å²) in [5.74, 6) is -1.76. The summed E-state index contributed by atoms with van der Waals surface area (Å²) in [6.45, 7) is 1.97. The first kappa shape index (κ1) is 19.9. The van der Waals surface area contributed by atoms with Gasteiger partial charge in [0.1, 0.15) is 5.92 Å². The minimum absolute atomic E-state index is 0.168. The summed E-state index contributed by atoms with van der Waals surface area (Å²) in [6.07, 6.45) is -1.02. The van der Waals surface area contributed by atoms with Crippen molar-refractivity contribution in [2.45, 2.75) is 19.1 Å². The lowest BCUT2D eigenvalue weighted by Gasteiger charge is -2.28. The number of hydrogen-bond donors (Lipinski definition) is 0. The van der Waals surface area contributed by atoms with Crippen molar-refractivity contribution in [1.82, 2.24) is 0 Å². The summed E-state index contributed by atoms with van der Waals surface area (Å²) in [7, 11) is 0. The number of nitro benzene ring substituents is 1. The van der Waals surface area contributed by atoms with Crippen LogP contribution in [0.15, 0.2) is 78.9 Å². The molecule has 5 rings (SSSR count). The Hall–Kier alpha value is -4.04. The van der Waals surface area contributed by atoms with Crippen LogP contribution in [0.1, 0.15) is 17.2 Å². The molecule has 32 heavy (non-hydrogen) atoms. The number of nitrogens with zero attached hydrogens (tertiary/aromatic N) is 3. The molecule has 8 nitrogen and oxygen atoms in total. The topological polar surface area (TPSA) is 93.0 Å². The number of non-ortho nitro benzene ring substituents is 1. The SMILES string of the molecule is Cc1ccc([C@H]2[C@H]3C(=O)N(c4cccc([N+](=O)[O-])c4)C(=O)[C@@H]3ON2c2ccccc2)cc1. The fourth-order valence-corrected chi connectivity index (χ4v) is 4.32. The molecular formula is C24H19N3O5. The number of benzene rings is 3. The van der Waals surface area contributed by atoms with Crippen LogP contribution < -0.4 is 9.96 Å². The number of rotatable bonds is 4. The molecule has 3 aromatic carbocycles. The fourth-order valence-electron chi connectivity index (χ4n) is 4.32. The zero-order valence-corrected chi connectivity index (χ0v) is 17.1. The lowest BCUT2D eigenvalue weighted by molar-refractivity contribution is -0.384. The van der Waals surface area contributed by atoms with Gasteiger partial charge in [-0.2, -0.15) is 0 Å². The molecule has 0 saturated carbocycles. The molecule has 0 radical (unpaired) electrons. The molecule has 2 fully saturated rings. The maximum Gasteiger partial charge on any atom is 0.271 e. The van der Waals surface area contributed by atoms with E-state index in [1.807, 2.05) is 61.5 Å². The zero-order chi connectivity index (χ0) is 22.4. The largest absolute Gasteiger partial charge is 0.273 e. The van der Waals surface area contributed by atoms with Crippen LogP contribution in [-0.2, 0) is 14.4 Å². The summed E-state index contributed by atoms with van der Waals surface area (Å²) in [4.78, 5) is 44.5. The predicted molar refractivity (Wildman–Crippen MR) is 117 cm³/mol. The van der Waals surface area contributed by atoms with Gasteiger partial charge in [0, 0.05) is 12.1 Å². The molecule has 0 bridgehead atoms. The molecule has 2 aliphatic rings. The van der Waals surface area contributed by atoms with Crippen LogP contribution in [0.5, 0.6) is 0 Å². The third-order valence-corrected chi connectivity index (χ3v) is 5.84. The van der Waals surface area contributed by atoms with Gasteiger partial charge in [-0.25, -0.2) is 9.96 Å². The van der Waals surface area contributed by atoms with Crippen LogP contribution in [0.4, 0.5) is 17.1 Å². The molecule has 0 unspecified atom stereocenters. The van der Waals surface area contributed by atoms with Crippen molar-refractivity contribution in [1.29, 1.82) is 0 Å². The van der Waals surface area contributed by atoms with Gasteiger partial charge in [0.05, 0.1) is 22.3 Å². The maximum atomic E-state index is 13.5. The number of fused-ring (bicyclic) bond motifs is 1. The van der Waals surface area contributed by atoms with Gasteiger partial charge in [0.25, 0.3) is 11.6 Å². The minimum Gasteiger partial charge on any atom is -0.273 e. The molecule has 3 atom stereocenters. The van der Waals surface area contributed by atoms with Crippen molar-refractivity contribution in [3.63, 3.8) is 0 Å². The molecule has 0 aliphatic carbocycles. The van der Waals surface area contributed by atoms with Crippen LogP contribution in [-0.4, -0.2) is 22.8 Å². The third-order valence-electron chi connectivity index (χ3n) is 5.84. The second-order valence-electron chi connectivity index (χ2n) is 7.86. The highest BCUT2D eigenvalue weighted by molar-refractivity contribution is 6.24. The van der Waals surface area contributed by atoms with Crippen molar-refractivity contribution in [2.75, 3.05) is 9.96 Å². The van der Waals surface area contributed by atoms with Crippen LogP contribution in [0, 0.1) is 23.0 Å². The molecule has 2 heterocycles. The van der Waals surface area contributed by atoms with Crippen LogP contribution in [0.25, 0.3) is 0 Å². The molecule has 2 amide bonds. The summed E-state index contributed by atoms with van der Waals surface area (Å²) in [5, 5.41) is 12.8. The Labute approximate surface area is 183 Å². The van der Waals surface area contributed by atoms with E-state index in [4.69, 9.17) is 4.84 Å². The summed E-state index contributed by atoms with van der Waals surface area (Å²) in [6, 6.07) is 22.1. The molecule has 0 aromatic heterocycles. The highest BCUT2D eigenvalue weighted by Crippen LogP contribution is 2.47. The molecule has 3 aromatic rings. The van der Waals surface area contributed by atoms with E-state index in [0.717, 1.165) is 21.7 Å². The normalized spacial score (nSPS) is 22.3. The molecule has 2 aliphatic heterocycles. The minimum atomic E-state index is -1.02. The molecule has 8 heteroatoms. The van der Waals surface area contributed by atoms with Gasteiger partial charge in [-0.1, -0.05) is 54.1 Å². The third kappa shape index (κ3) is 3.12. The second kappa shape index (κ2) is 7.58. The fraction of sp³-hybridized carbons (Fsp3) is 0.167. The van der Waals surface area contributed by atoms with Crippen molar-refractivity contribution >= 4 is 28.9 Å². The quantitative estimate of drug-likeness (QED) is 0.354. The number of imide groups is 1. The number of para-hydroxylation sites is 1. The first-order valence-electron chi connectivity index (χ1n) is 10.2. The van der Waals surface area contributed by atoms with Gasteiger partial charge < -0.3 is 0 Å². The number of amides is 2. The maximum absolute atomic E-state index is 13.5. The Morgan fingerprint density at radius 3 is 2.25 bits per heavy atom. The van der Waals surface area contributed by atoms with E-state index >= 15 is 0 Å². The van der Waals surface area contributed by atoms with Crippen molar-refractivity contribution in [3.05, 3.63) is 100 Å². The molecule has 0 spiro atoms. The van der Waals surface area contributed by atoms with Gasteiger partial charge in [-0.3, -0.25) is 24.5 Å². The van der Waals surface area contributed by atoms with Crippen molar-refractivity contribution in [2.24, 2.45) is 5.92 Å². The summed E-state index contributed by atoms with van der Waals surface area (Å²) in [5.41, 5.74) is 2.62. The number of carbonyl (C=O) groups excluding carboxylic acids is 2. The van der Waals surface area contributed by atoms with Gasteiger partial charge in [-0.15, -0.1) is 0 Å². The second-order valence-corrected chi connectivity index (χ2v) is 7.86. The number of carbonyl (C=O) groups is 2. The van der Waals surface area contributed by atoms with Gasteiger partial charge in [0.2, 0.25) is 5.91 Å². The standard InChI is InChI=1S/C24H19N3O5/c1-15-10-12-16(13-11-15)21-20-22(32-26(21)17-6-3-2-4-7-17)24(29)25(23(20)28)18-8-5-9-19(14-18)27(30)31/h2-14,20-22H,1H3/t20-,21+,22-/m1/s1. The highest BCUT2D eigenvalue weighted by Gasteiger charge is 2.60. The Morgan fingerprint density at radius 2 is 1.56 bits per heavy atom. The van der Waals surface area contributed by atoms with E-state index in [2.05, 4.69) is 0 Å². The molecule has 160 valence electrons. The average molecular weight is 429 g/mol. The van der Waals surface area contributed by atoms with E-state index in [-0.39, 0.29) is 11.4 Å². The van der Waals surface area contributed by atoms with Crippen LogP contribution >= 0.6 is 0 Å². The summed E-state index contributed by atoms with van der Waals surface area (Å²) >= 11 is 0. The van der Waals surface area contributed by atoms with Crippen molar-refractivity contribution < 1.29 is 19.3 Å². The number of hydrogen-bond acceptors (Lipinski definition) is 6. The van der Waals surface area contributed by atoms with Crippen LogP contribution in [0.3, 0.4) is 0 Å². The Bertz CT molecular complexity index is 1210.